The largest absolute Gasteiger partial charge is 0.378 e. The lowest BCUT2D eigenvalue weighted by molar-refractivity contribution is -0.139. The summed E-state index contributed by atoms with van der Waals surface area (Å²) in [6.45, 7) is 2.35. The maximum absolute atomic E-state index is 12.5. The molecular weight excluding hydrogens is 240 g/mol. The summed E-state index contributed by atoms with van der Waals surface area (Å²) in [5.41, 5.74) is 0.254. The van der Waals surface area contributed by atoms with Crippen molar-refractivity contribution in [2.24, 2.45) is 5.41 Å². The molecule has 1 aromatic rings. The number of hydrogen-bond acceptors (Lipinski definition) is 3. The van der Waals surface area contributed by atoms with Crippen LogP contribution in [0.15, 0.2) is 30.3 Å². The monoisotopic (exact) mass is 256 g/mol. The highest BCUT2D eigenvalue weighted by Gasteiger charge is 2.62. The molecule has 2 unspecified atom stereocenters. The van der Waals surface area contributed by atoms with Gasteiger partial charge < -0.3 is 9.64 Å². The molecule has 1 aliphatic carbocycles. The van der Waals surface area contributed by atoms with Crippen LogP contribution in [0.1, 0.15) is 17.9 Å². The van der Waals surface area contributed by atoms with Gasteiger partial charge in [-0.2, -0.15) is 5.26 Å². The molecule has 0 spiro atoms. The Morgan fingerprint density at radius 2 is 2.00 bits per heavy atom. The topological polar surface area (TPSA) is 53.3 Å². The van der Waals surface area contributed by atoms with E-state index in [1.807, 2.05) is 30.3 Å². The lowest BCUT2D eigenvalue weighted by Gasteiger charge is -2.28. The first-order chi connectivity index (χ1) is 9.28. The van der Waals surface area contributed by atoms with E-state index in [0.717, 1.165) is 5.56 Å². The molecule has 1 amide bonds. The molecular formula is C15H16N2O2. The number of nitrogens with zero attached hydrogens (tertiary/aromatic N) is 2. The molecule has 3 rings (SSSR count). The summed E-state index contributed by atoms with van der Waals surface area (Å²) in [5.74, 6) is 0.0289. The molecule has 4 nitrogen and oxygen atoms in total. The predicted octanol–water partition coefficient (Wildman–Crippen LogP) is 1.54. The van der Waals surface area contributed by atoms with Crippen molar-refractivity contribution >= 4 is 5.91 Å². The van der Waals surface area contributed by atoms with Crippen molar-refractivity contribution in [3.8, 4) is 6.07 Å². The third kappa shape index (κ3) is 2.00. The molecule has 1 saturated carbocycles. The molecule has 0 radical (unpaired) electrons. The molecule has 4 heteroatoms. The molecule has 1 saturated heterocycles. The van der Waals surface area contributed by atoms with Crippen LogP contribution < -0.4 is 0 Å². The molecule has 0 aromatic heterocycles. The van der Waals surface area contributed by atoms with E-state index in [2.05, 4.69) is 6.07 Å². The van der Waals surface area contributed by atoms with Gasteiger partial charge in [-0.15, -0.1) is 0 Å². The third-order valence-corrected chi connectivity index (χ3v) is 4.04. The highest BCUT2D eigenvalue weighted by Crippen LogP contribution is 2.59. The van der Waals surface area contributed by atoms with Gasteiger partial charge in [0.15, 0.2) is 0 Å². The number of carbonyl (C=O) groups is 1. The van der Waals surface area contributed by atoms with E-state index < -0.39 is 5.41 Å². The summed E-state index contributed by atoms with van der Waals surface area (Å²) < 4.78 is 5.25. The molecule has 1 heterocycles. The molecule has 2 fully saturated rings. The second-order valence-corrected chi connectivity index (χ2v) is 5.16. The predicted molar refractivity (Wildman–Crippen MR) is 69.2 cm³/mol. The van der Waals surface area contributed by atoms with Crippen LogP contribution in [0, 0.1) is 16.7 Å². The third-order valence-electron chi connectivity index (χ3n) is 4.04. The van der Waals surface area contributed by atoms with Gasteiger partial charge in [0.25, 0.3) is 0 Å². The van der Waals surface area contributed by atoms with Crippen LogP contribution in [-0.4, -0.2) is 37.1 Å². The number of ether oxygens (including phenoxy) is 1. The van der Waals surface area contributed by atoms with Gasteiger partial charge in [-0.25, -0.2) is 0 Å². The van der Waals surface area contributed by atoms with Crippen LogP contribution in [0.5, 0.6) is 0 Å². The Labute approximate surface area is 112 Å². The fourth-order valence-electron chi connectivity index (χ4n) is 2.81. The van der Waals surface area contributed by atoms with E-state index in [1.165, 1.54) is 0 Å². The standard InChI is InChI=1S/C15H16N2O2/c16-11-15(14(18)17-6-8-19-9-7-17)10-13(15)12-4-2-1-3-5-12/h1-5,13H,6-10H2. The lowest BCUT2D eigenvalue weighted by atomic mass is 9.98. The highest BCUT2D eigenvalue weighted by atomic mass is 16.5. The zero-order valence-electron chi connectivity index (χ0n) is 10.7. The first-order valence-electron chi connectivity index (χ1n) is 6.61. The zero-order valence-corrected chi connectivity index (χ0v) is 10.7. The number of morpholine rings is 1. The summed E-state index contributed by atoms with van der Waals surface area (Å²) in [6, 6.07) is 12.1. The van der Waals surface area contributed by atoms with Crippen LogP contribution in [0.25, 0.3) is 0 Å². The summed E-state index contributed by atoms with van der Waals surface area (Å²) in [4.78, 5) is 14.3. The molecule has 98 valence electrons. The number of nitriles is 1. The van der Waals surface area contributed by atoms with Crippen molar-refractivity contribution in [3.63, 3.8) is 0 Å². The lowest BCUT2D eigenvalue weighted by Crippen LogP contribution is -2.44. The van der Waals surface area contributed by atoms with Crippen LogP contribution >= 0.6 is 0 Å². The van der Waals surface area contributed by atoms with Gasteiger partial charge in [-0.3, -0.25) is 4.79 Å². The van der Waals surface area contributed by atoms with Crippen LogP contribution in [0.4, 0.5) is 0 Å². The number of rotatable bonds is 2. The van der Waals surface area contributed by atoms with Gasteiger partial charge in [0.05, 0.1) is 19.3 Å². The number of benzene rings is 1. The van der Waals surface area contributed by atoms with Crippen molar-refractivity contribution in [1.29, 1.82) is 5.26 Å². The van der Waals surface area contributed by atoms with Crippen molar-refractivity contribution in [3.05, 3.63) is 35.9 Å². The maximum Gasteiger partial charge on any atom is 0.243 e. The van der Waals surface area contributed by atoms with Crippen LogP contribution in [0.3, 0.4) is 0 Å². The van der Waals surface area contributed by atoms with Gasteiger partial charge in [0.1, 0.15) is 5.41 Å². The van der Waals surface area contributed by atoms with Gasteiger partial charge in [-0.1, -0.05) is 30.3 Å². The zero-order chi connectivity index (χ0) is 13.3. The fraction of sp³-hybridized carbons (Fsp3) is 0.467. The van der Waals surface area contributed by atoms with Crippen LogP contribution in [-0.2, 0) is 9.53 Å². The van der Waals surface area contributed by atoms with Crippen molar-refractivity contribution in [2.75, 3.05) is 26.3 Å². The Morgan fingerprint density at radius 3 is 2.63 bits per heavy atom. The van der Waals surface area contributed by atoms with Crippen molar-refractivity contribution < 1.29 is 9.53 Å². The summed E-state index contributed by atoms with van der Waals surface area (Å²) in [6.07, 6.45) is 0.643. The van der Waals surface area contributed by atoms with Crippen molar-refractivity contribution in [2.45, 2.75) is 12.3 Å². The van der Waals surface area contributed by atoms with E-state index in [1.54, 1.807) is 4.90 Å². The van der Waals surface area contributed by atoms with Gasteiger partial charge in [0.2, 0.25) is 5.91 Å². The van der Waals surface area contributed by atoms with Gasteiger partial charge in [0, 0.05) is 19.0 Å². The SMILES string of the molecule is N#CC1(C(=O)N2CCOCC2)CC1c1ccccc1. The first-order valence-corrected chi connectivity index (χ1v) is 6.61. The quantitative estimate of drug-likeness (QED) is 0.806. The molecule has 2 atom stereocenters. The highest BCUT2D eigenvalue weighted by molar-refractivity contribution is 5.90. The molecule has 1 aromatic carbocycles. The summed E-state index contributed by atoms with van der Waals surface area (Å²) in [7, 11) is 0. The average Bonchev–Trinajstić information content (AvgIpc) is 3.24. The Morgan fingerprint density at radius 1 is 1.32 bits per heavy atom. The number of hydrogen-bond donors (Lipinski definition) is 0. The second kappa shape index (κ2) is 4.67. The Bertz CT molecular complexity index is 517. The van der Waals surface area contributed by atoms with Crippen molar-refractivity contribution in [1.82, 2.24) is 4.90 Å². The summed E-state index contributed by atoms with van der Waals surface area (Å²) in [5, 5.41) is 9.46. The Kier molecular flexibility index (Phi) is 3.00. The molecule has 0 N–H and O–H groups in total. The number of amides is 1. The van der Waals surface area contributed by atoms with Gasteiger partial charge >= 0.3 is 0 Å². The van der Waals surface area contributed by atoms with Gasteiger partial charge in [-0.05, 0) is 12.0 Å². The molecule has 2 aliphatic rings. The second-order valence-electron chi connectivity index (χ2n) is 5.16. The fourth-order valence-corrected chi connectivity index (χ4v) is 2.81. The smallest absolute Gasteiger partial charge is 0.243 e. The molecule has 0 bridgehead atoms. The Hall–Kier alpha value is -1.86. The normalized spacial score (nSPS) is 29.6. The van der Waals surface area contributed by atoms with E-state index in [0.29, 0.717) is 32.7 Å². The number of carbonyl (C=O) groups excluding carboxylic acids is 1. The average molecular weight is 256 g/mol. The van der Waals surface area contributed by atoms with Crippen LogP contribution in [0.2, 0.25) is 0 Å². The molecule has 19 heavy (non-hydrogen) atoms. The van der Waals surface area contributed by atoms with E-state index >= 15 is 0 Å². The molecule has 1 aliphatic heterocycles. The minimum atomic E-state index is -0.835. The minimum absolute atomic E-state index is 0.0212. The van der Waals surface area contributed by atoms with E-state index in [-0.39, 0.29) is 11.8 Å². The first kappa shape index (κ1) is 12.2. The van der Waals surface area contributed by atoms with E-state index in [4.69, 9.17) is 4.74 Å². The maximum atomic E-state index is 12.5. The Balaban J connectivity index is 1.79. The summed E-state index contributed by atoms with van der Waals surface area (Å²) >= 11 is 0. The minimum Gasteiger partial charge on any atom is -0.378 e. The van der Waals surface area contributed by atoms with E-state index in [9.17, 15) is 10.1 Å².